The molecule has 1 amide bonds. The predicted octanol–water partition coefficient (Wildman–Crippen LogP) is 5.71. The molecular formula is C20H18ClFN2OS. The molecule has 0 atom stereocenters. The molecule has 0 aromatic heterocycles. The minimum absolute atomic E-state index is 0.202. The van der Waals surface area contributed by atoms with Crippen LogP contribution in [0.15, 0.2) is 52.4 Å². The Kier molecular flexibility index (Phi) is 6.12. The summed E-state index contributed by atoms with van der Waals surface area (Å²) in [5.74, 6) is -0.779. The second kappa shape index (κ2) is 8.52. The zero-order chi connectivity index (χ0) is 18.5. The maximum atomic E-state index is 13.9. The molecule has 0 spiro atoms. The van der Waals surface area contributed by atoms with Crippen molar-refractivity contribution in [2.75, 3.05) is 0 Å². The van der Waals surface area contributed by atoms with Gasteiger partial charge in [-0.2, -0.15) is 0 Å². The number of thioether (sulfide) groups is 1. The fraction of sp³-hybridized carbons (Fsp3) is 0.200. The first-order chi connectivity index (χ1) is 12.6. The van der Waals surface area contributed by atoms with E-state index in [0.717, 1.165) is 24.9 Å². The molecule has 3 rings (SSSR count). The maximum Gasteiger partial charge on any atom is 0.264 e. The van der Waals surface area contributed by atoms with E-state index >= 15 is 0 Å². The van der Waals surface area contributed by atoms with Crippen LogP contribution in [0.2, 0.25) is 5.02 Å². The summed E-state index contributed by atoms with van der Waals surface area (Å²) in [6, 6.07) is 12.4. The Morgan fingerprint density at radius 1 is 1.23 bits per heavy atom. The molecule has 3 nitrogen and oxygen atoms in total. The Balaban J connectivity index is 1.77. The van der Waals surface area contributed by atoms with Gasteiger partial charge in [0.05, 0.1) is 15.6 Å². The average Bonchev–Trinajstić information content (AvgIpc) is 2.97. The van der Waals surface area contributed by atoms with Gasteiger partial charge in [0.2, 0.25) is 0 Å². The number of nitrogens with one attached hydrogen (secondary N) is 1. The number of carbonyl (C=O) groups excluding carboxylic acids is 1. The lowest BCUT2D eigenvalue weighted by atomic mass is 10.1. The van der Waals surface area contributed by atoms with E-state index < -0.39 is 5.82 Å². The van der Waals surface area contributed by atoms with Crippen LogP contribution in [-0.4, -0.2) is 11.1 Å². The molecule has 2 aromatic carbocycles. The van der Waals surface area contributed by atoms with E-state index in [-0.39, 0.29) is 16.5 Å². The quantitative estimate of drug-likeness (QED) is 0.666. The molecule has 26 heavy (non-hydrogen) atoms. The molecule has 1 N–H and O–H groups in total. The van der Waals surface area contributed by atoms with Gasteiger partial charge in [-0.3, -0.25) is 4.79 Å². The van der Waals surface area contributed by atoms with E-state index in [0.29, 0.717) is 10.1 Å². The van der Waals surface area contributed by atoms with Gasteiger partial charge in [-0.15, -0.1) is 0 Å². The molecule has 2 aromatic rings. The Morgan fingerprint density at radius 2 is 2.00 bits per heavy atom. The first-order valence-electron chi connectivity index (χ1n) is 8.39. The molecule has 6 heteroatoms. The van der Waals surface area contributed by atoms with Gasteiger partial charge in [-0.1, -0.05) is 43.1 Å². The van der Waals surface area contributed by atoms with Crippen LogP contribution in [0.4, 0.5) is 10.1 Å². The highest BCUT2D eigenvalue weighted by molar-refractivity contribution is 8.18. The largest absolute Gasteiger partial charge is 0.300 e. The van der Waals surface area contributed by atoms with Crippen LogP contribution in [0.3, 0.4) is 0 Å². The number of hydrogen-bond acceptors (Lipinski definition) is 3. The number of carbonyl (C=O) groups is 1. The molecule has 0 aliphatic carbocycles. The standard InChI is InChI=1S/C20H18ClFN2OS/c1-2-3-5-13-8-10-14(11-9-13)23-20-24-19(25)18(26-20)12-15-16(21)6-4-7-17(15)22/h4,6-12H,2-3,5H2,1H3,(H,23,24,25)/b18-12-. The summed E-state index contributed by atoms with van der Waals surface area (Å²) < 4.78 is 13.9. The number of unbranched alkanes of at least 4 members (excludes halogenated alkanes) is 1. The Morgan fingerprint density at radius 3 is 2.69 bits per heavy atom. The van der Waals surface area contributed by atoms with Crippen molar-refractivity contribution in [3.8, 4) is 0 Å². The van der Waals surface area contributed by atoms with Crippen LogP contribution in [0.5, 0.6) is 0 Å². The molecule has 1 aliphatic rings. The van der Waals surface area contributed by atoms with Gasteiger partial charge in [0.25, 0.3) is 5.91 Å². The van der Waals surface area contributed by atoms with Crippen molar-refractivity contribution >= 4 is 46.2 Å². The molecule has 0 radical (unpaired) electrons. The second-order valence-corrected chi connectivity index (χ2v) is 7.32. The monoisotopic (exact) mass is 388 g/mol. The van der Waals surface area contributed by atoms with Crippen LogP contribution in [0.1, 0.15) is 30.9 Å². The summed E-state index contributed by atoms with van der Waals surface area (Å²) in [7, 11) is 0. The number of halogens is 2. The van der Waals surface area contributed by atoms with Crippen LogP contribution in [-0.2, 0) is 11.2 Å². The number of rotatable bonds is 5. The maximum absolute atomic E-state index is 13.9. The molecule has 0 bridgehead atoms. The number of hydrogen-bond donors (Lipinski definition) is 1. The zero-order valence-corrected chi connectivity index (χ0v) is 15.8. The van der Waals surface area contributed by atoms with E-state index in [9.17, 15) is 9.18 Å². The Labute approximate surface area is 161 Å². The van der Waals surface area contributed by atoms with Gasteiger partial charge in [0.1, 0.15) is 5.82 Å². The van der Waals surface area contributed by atoms with Crippen molar-refractivity contribution in [1.29, 1.82) is 0 Å². The van der Waals surface area contributed by atoms with E-state index in [1.807, 2.05) is 24.3 Å². The highest BCUT2D eigenvalue weighted by atomic mass is 35.5. The van der Waals surface area contributed by atoms with Gasteiger partial charge in [-0.05, 0) is 60.5 Å². The lowest BCUT2D eigenvalue weighted by molar-refractivity contribution is -0.115. The first kappa shape index (κ1) is 18.7. The Bertz CT molecular complexity index is 858. The molecule has 0 saturated carbocycles. The fourth-order valence-electron chi connectivity index (χ4n) is 2.50. The third-order valence-corrected chi connectivity index (χ3v) is 5.15. The van der Waals surface area contributed by atoms with Crippen LogP contribution in [0, 0.1) is 5.82 Å². The first-order valence-corrected chi connectivity index (χ1v) is 9.59. The second-order valence-electron chi connectivity index (χ2n) is 5.89. The predicted molar refractivity (Wildman–Crippen MR) is 107 cm³/mol. The summed E-state index contributed by atoms with van der Waals surface area (Å²) in [6.45, 7) is 2.17. The highest BCUT2D eigenvalue weighted by Gasteiger charge is 2.24. The van der Waals surface area contributed by atoms with Crippen molar-refractivity contribution in [3.05, 3.63) is 69.3 Å². The van der Waals surface area contributed by atoms with E-state index in [1.54, 1.807) is 6.07 Å². The molecule has 1 aliphatic heterocycles. The number of amides is 1. The third-order valence-electron chi connectivity index (χ3n) is 3.91. The highest BCUT2D eigenvalue weighted by Crippen LogP contribution is 2.30. The van der Waals surface area contributed by atoms with Crippen LogP contribution in [0.25, 0.3) is 6.08 Å². The summed E-state index contributed by atoms with van der Waals surface area (Å²) in [6.07, 6.45) is 4.82. The third kappa shape index (κ3) is 4.54. The van der Waals surface area contributed by atoms with Crippen LogP contribution < -0.4 is 5.32 Å². The van der Waals surface area contributed by atoms with E-state index in [4.69, 9.17) is 11.6 Å². The number of nitrogens with zero attached hydrogens (tertiary/aromatic N) is 1. The lowest BCUT2D eigenvalue weighted by Crippen LogP contribution is -2.19. The minimum atomic E-state index is -0.466. The van der Waals surface area contributed by atoms with Gasteiger partial charge in [0, 0.05) is 5.56 Å². The summed E-state index contributed by atoms with van der Waals surface area (Å²) in [5.41, 5.74) is 2.24. The molecule has 1 fully saturated rings. The topological polar surface area (TPSA) is 41.5 Å². The van der Waals surface area contributed by atoms with Gasteiger partial charge in [-0.25, -0.2) is 9.38 Å². The van der Waals surface area contributed by atoms with Crippen LogP contribution >= 0.6 is 23.4 Å². The zero-order valence-electron chi connectivity index (χ0n) is 14.3. The number of aliphatic imine (C=N–C) groups is 1. The van der Waals surface area contributed by atoms with E-state index in [1.165, 1.54) is 35.5 Å². The van der Waals surface area contributed by atoms with Crippen molar-refractivity contribution in [3.63, 3.8) is 0 Å². The van der Waals surface area contributed by atoms with E-state index in [2.05, 4.69) is 17.2 Å². The molecular weight excluding hydrogens is 371 g/mol. The van der Waals surface area contributed by atoms with Crippen molar-refractivity contribution < 1.29 is 9.18 Å². The van der Waals surface area contributed by atoms with Crippen molar-refractivity contribution in [2.24, 2.45) is 4.99 Å². The summed E-state index contributed by atoms with van der Waals surface area (Å²) in [5, 5.41) is 3.43. The van der Waals surface area contributed by atoms with Gasteiger partial charge in [0.15, 0.2) is 5.17 Å². The Hall–Kier alpha value is -2.11. The number of benzene rings is 2. The number of amidine groups is 1. The molecule has 1 heterocycles. The summed E-state index contributed by atoms with van der Waals surface area (Å²) in [4.78, 5) is 16.9. The molecule has 0 unspecified atom stereocenters. The number of aryl methyl sites for hydroxylation is 1. The van der Waals surface area contributed by atoms with Gasteiger partial charge < -0.3 is 5.32 Å². The molecule has 1 saturated heterocycles. The average molecular weight is 389 g/mol. The minimum Gasteiger partial charge on any atom is -0.300 e. The summed E-state index contributed by atoms with van der Waals surface area (Å²) >= 11 is 7.19. The normalized spacial score (nSPS) is 17.1. The smallest absolute Gasteiger partial charge is 0.264 e. The van der Waals surface area contributed by atoms with Crippen molar-refractivity contribution in [2.45, 2.75) is 26.2 Å². The fourth-order valence-corrected chi connectivity index (χ4v) is 3.54. The molecule has 134 valence electrons. The SMILES string of the molecule is CCCCc1ccc(N=C2NC(=O)/C(=C/c3c(F)cccc3Cl)S2)cc1. The van der Waals surface area contributed by atoms with Crippen molar-refractivity contribution in [1.82, 2.24) is 5.32 Å². The lowest BCUT2D eigenvalue weighted by Gasteiger charge is -2.01. The van der Waals surface area contributed by atoms with Gasteiger partial charge >= 0.3 is 0 Å².